The molecule has 0 saturated carbocycles. The summed E-state index contributed by atoms with van der Waals surface area (Å²) >= 11 is 0. The molecule has 1 unspecified atom stereocenters. The Morgan fingerprint density at radius 1 is 1.18 bits per heavy atom. The molecular weight excluding hydrogens is 358 g/mol. The van der Waals surface area contributed by atoms with Gasteiger partial charge in [0, 0.05) is 43.2 Å². The van der Waals surface area contributed by atoms with E-state index >= 15 is 0 Å². The van der Waals surface area contributed by atoms with Gasteiger partial charge in [-0.05, 0) is 38.0 Å². The van der Waals surface area contributed by atoms with E-state index in [2.05, 4.69) is 25.5 Å². The summed E-state index contributed by atoms with van der Waals surface area (Å²) in [4.78, 5) is 23.2. The highest BCUT2D eigenvalue weighted by atomic mass is 16.5. The largest absolute Gasteiger partial charge is 0.497 e. The number of carbonyl (C=O) groups is 1. The van der Waals surface area contributed by atoms with E-state index in [1.165, 1.54) is 0 Å². The smallest absolute Gasteiger partial charge is 0.315 e. The third kappa shape index (κ3) is 4.82. The summed E-state index contributed by atoms with van der Waals surface area (Å²) in [6, 6.07) is 7.13. The van der Waals surface area contributed by atoms with Crippen molar-refractivity contribution in [3.63, 3.8) is 0 Å². The van der Waals surface area contributed by atoms with Gasteiger partial charge in [0.1, 0.15) is 11.5 Å². The van der Waals surface area contributed by atoms with Crippen LogP contribution in [0.1, 0.15) is 31.4 Å². The van der Waals surface area contributed by atoms with Crippen molar-refractivity contribution in [3.05, 3.63) is 42.2 Å². The number of piperidine rings is 1. The molecule has 3 rings (SSSR count). The Labute approximate surface area is 165 Å². The van der Waals surface area contributed by atoms with E-state index in [9.17, 15) is 4.79 Å². The number of amides is 2. The Balaban J connectivity index is 1.51. The number of ether oxygens (including phenoxy) is 2. The van der Waals surface area contributed by atoms with Gasteiger partial charge in [-0.3, -0.25) is 0 Å². The Kier molecular flexibility index (Phi) is 6.52. The van der Waals surface area contributed by atoms with Crippen LogP contribution in [-0.2, 0) is 0 Å². The van der Waals surface area contributed by atoms with E-state index in [1.807, 2.05) is 25.1 Å². The fourth-order valence-corrected chi connectivity index (χ4v) is 3.36. The lowest BCUT2D eigenvalue weighted by Crippen LogP contribution is -2.48. The fraction of sp³-hybridized carbons (Fsp3) is 0.450. The Bertz CT molecular complexity index is 779. The number of urea groups is 1. The van der Waals surface area contributed by atoms with Crippen LogP contribution in [0, 0.1) is 0 Å². The molecular formula is C20H27N5O3. The maximum absolute atomic E-state index is 12.4. The zero-order valence-electron chi connectivity index (χ0n) is 16.5. The first kappa shape index (κ1) is 19.7. The van der Waals surface area contributed by atoms with Crippen molar-refractivity contribution in [2.75, 3.05) is 32.2 Å². The number of benzene rings is 1. The van der Waals surface area contributed by atoms with Gasteiger partial charge in [0.05, 0.1) is 20.3 Å². The normalized spacial score (nSPS) is 15.6. The summed E-state index contributed by atoms with van der Waals surface area (Å²) in [5, 5.41) is 6.06. The first-order valence-corrected chi connectivity index (χ1v) is 9.41. The van der Waals surface area contributed by atoms with Crippen LogP contribution in [0.5, 0.6) is 11.5 Å². The summed E-state index contributed by atoms with van der Waals surface area (Å²) < 4.78 is 10.6. The molecule has 1 aliphatic rings. The predicted octanol–water partition coefficient (Wildman–Crippen LogP) is 2.52. The Morgan fingerprint density at radius 2 is 1.89 bits per heavy atom. The highest BCUT2D eigenvalue weighted by Gasteiger charge is 2.23. The molecule has 1 aromatic heterocycles. The summed E-state index contributed by atoms with van der Waals surface area (Å²) in [5.41, 5.74) is 0.898. The topological polar surface area (TPSA) is 88.6 Å². The highest BCUT2D eigenvalue weighted by Crippen LogP contribution is 2.29. The lowest BCUT2D eigenvalue weighted by Gasteiger charge is -2.32. The van der Waals surface area contributed by atoms with Gasteiger partial charge in [-0.1, -0.05) is 0 Å². The number of rotatable bonds is 6. The van der Waals surface area contributed by atoms with Crippen molar-refractivity contribution in [2.24, 2.45) is 0 Å². The van der Waals surface area contributed by atoms with Crippen LogP contribution < -0.4 is 25.0 Å². The van der Waals surface area contributed by atoms with Crippen molar-refractivity contribution in [1.82, 2.24) is 20.6 Å². The summed E-state index contributed by atoms with van der Waals surface area (Å²) in [6.07, 6.45) is 5.20. The molecule has 1 aliphatic heterocycles. The van der Waals surface area contributed by atoms with Crippen molar-refractivity contribution in [3.8, 4) is 11.5 Å². The van der Waals surface area contributed by atoms with E-state index in [0.717, 1.165) is 37.4 Å². The summed E-state index contributed by atoms with van der Waals surface area (Å²) in [6.45, 7) is 3.56. The molecule has 1 atom stereocenters. The number of nitrogens with zero attached hydrogens (tertiary/aromatic N) is 3. The standard InChI is InChI=1S/C20H27N5O3/c1-14(17-6-5-16(27-2)13-18(17)28-3)23-20(26)24-15-7-11-25(12-8-15)19-21-9-4-10-22-19/h4-6,9-10,13-15H,7-8,11-12H2,1-3H3,(H2,23,24,26). The number of carbonyl (C=O) groups excluding carboxylic acids is 1. The van der Waals surface area contributed by atoms with Gasteiger partial charge < -0.3 is 25.0 Å². The molecule has 2 amide bonds. The van der Waals surface area contributed by atoms with Crippen molar-refractivity contribution in [1.29, 1.82) is 0 Å². The van der Waals surface area contributed by atoms with E-state index in [4.69, 9.17) is 9.47 Å². The lowest BCUT2D eigenvalue weighted by atomic mass is 10.1. The van der Waals surface area contributed by atoms with Crippen LogP contribution >= 0.6 is 0 Å². The lowest BCUT2D eigenvalue weighted by molar-refractivity contribution is 0.231. The van der Waals surface area contributed by atoms with Gasteiger partial charge in [-0.2, -0.15) is 0 Å². The highest BCUT2D eigenvalue weighted by molar-refractivity contribution is 5.75. The zero-order chi connectivity index (χ0) is 19.9. The van der Waals surface area contributed by atoms with Crippen molar-refractivity contribution < 1.29 is 14.3 Å². The number of hydrogen-bond acceptors (Lipinski definition) is 6. The third-order valence-corrected chi connectivity index (χ3v) is 4.92. The maximum atomic E-state index is 12.4. The molecule has 0 radical (unpaired) electrons. The molecule has 8 nitrogen and oxygen atoms in total. The molecule has 2 heterocycles. The average molecular weight is 385 g/mol. The van der Waals surface area contributed by atoms with Gasteiger partial charge in [-0.15, -0.1) is 0 Å². The van der Waals surface area contributed by atoms with Crippen LogP contribution in [-0.4, -0.2) is 49.4 Å². The van der Waals surface area contributed by atoms with Gasteiger partial charge in [0.15, 0.2) is 0 Å². The Hall–Kier alpha value is -3.03. The van der Waals surface area contributed by atoms with Gasteiger partial charge in [0.2, 0.25) is 5.95 Å². The number of anilines is 1. The zero-order valence-corrected chi connectivity index (χ0v) is 16.5. The summed E-state index contributed by atoms with van der Waals surface area (Å²) in [5.74, 6) is 2.14. The van der Waals surface area contributed by atoms with Crippen LogP contribution in [0.25, 0.3) is 0 Å². The van der Waals surface area contributed by atoms with Crippen molar-refractivity contribution in [2.45, 2.75) is 31.8 Å². The van der Waals surface area contributed by atoms with Crippen LogP contribution in [0.4, 0.5) is 10.7 Å². The number of hydrogen-bond donors (Lipinski definition) is 2. The first-order chi connectivity index (χ1) is 13.6. The molecule has 1 fully saturated rings. The second-order valence-corrected chi connectivity index (χ2v) is 6.76. The van der Waals surface area contributed by atoms with E-state index in [0.29, 0.717) is 11.5 Å². The van der Waals surface area contributed by atoms with Gasteiger partial charge in [0.25, 0.3) is 0 Å². The number of nitrogens with one attached hydrogen (secondary N) is 2. The van der Waals surface area contributed by atoms with Gasteiger partial charge in [-0.25, -0.2) is 14.8 Å². The second kappa shape index (κ2) is 9.25. The number of aromatic nitrogens is 2. The first-order valence-electron chi connectivity index (χ1n) is 9.41. The molecule has 0 spiro atoms. The number of methoxy groups -OCH3 is 2. The molecule has 2 aromatic rings. The summed E-state index contributed by atoms with van der Waals surface area (Å²) in [7, 11) is 3.22. The molecule has 28 heavy (non-hydrogen) atoms. The van der Waals surface area contributed by atoms with Crippen LogP contribution in [0.2, 0.25) is 0 Å². The van der Waals surface area contributed by atoms with Gasteiger partial charge >= 0.3 is 6.03 Å². The molecule has 0 aliphatic carbocycles. The Morgan fingerprint density at radius 3 is 2.54 bits per heavy atom. The van der Waals surface area contributed by atoms with E-state index < -0.39 is 0 Å². The third-order valence-electron chi connectivity index (χ3n) is 4.92. The molecule has 8 heteroatoms. The second-order valence-electron chi connectivity index (χ2n) is 6.76. The quantitative estimate of drug-likeness (QED) is 0.794. The monoisotopic (exact) mass is 385 g/mol. The SMILES string of the molecule is COc1ccc(C(C)NC(=O)NC2CCN(c3ncccn3)CC2)c(OC)c1. The molecule has 150 valence electrons. The van der Waals surface area contributed by atoms with Crippen LogP contribution in [0.15, 0.2) is 36.7 Å². The average Bonchev–Trinajstić information content (AvgIpc) is 2.74. The minimum absolute atomic E-state index is 0.130. The van der Waals surface area contributed by atoms with Crippen LogP contribution in [0.3, 0.4) is 0 Å². The van der Waals surface area contributed by atoms with E-state index in [-0.39, 0.29) is 18.1 Å². The van der Waals surface area contributed by atoms with Crippen molar-refractivity contribution >= 4 is 12.0 Å². The fourth-order valence-electron chi connectivity index (χ4n) is 3.36. The molecule has 0 bridgehead atoms. The molecule has 1 saturated heterocycles. The maximum Gasteiger partial charge on any atom is 0.315 e. The molecule has 1 aromatic carbocycles. The molecule has 2 N–H and O–H groups in total. The minimum Gasteiger partial charge on any atom is -0.497 e. The van der Waals surface area contributed by atoms with E-state index in [1.54, 1.807) is 32.7 Å². The predicted molar refractivity (Wildman–Crippen MR) is 107 cm³/mol. The minimum atomic E-state index is -0.196.